The van der Waals surface area contributed by atoms with Gasteiger partial charge in [0.15, 0.2) is 0 Å². The summed E-state index contributed by atoms with van der Waals surface area (Å²) in [5.74, 6) is -0.242. The number of benzene rings is 2. The molecule has 3 amide bonds. The topological polar surface area (TPSA) is 92.4 Å². The summed E-state index contributed by atoms with van der Waals surface area (Å²) in [5.41, 5.74) is 1.16. The average Bonchev–Trinajstić information content (AvgIpc) is 3.20. The molecular weight excluding hydrogens is 467 g/mol. The quantitative estimate of drug-likeness (QED) is 0.328. The molecule has 10 heteroatoms. The van der Waals surface area contributed by atoms with Gasteiger partial charge in [-0.25, -0.2) is 9.18 Å². The predicted molar refractivity (Wildman–Crippen MR) is 128 cm³/mol. The number of aromatic nitrogens is 1. The molecule has 33 heavy (non-hydrogen) atoms. The summed E-state index contributed by atoms with van der Waals surface area (Å²) in [4.78, 5) is 28.0. The number of pyridine rings is 1. The van der Waals surface area contributed by atoms with Crippen LogP contribution in [-0.2, 0) is 6.61 Å². The highest BCUT2D eigenvalue weighted by Gasteiger charge is 2.11. The van der Waals surface area contributed by atoms with Crippen molar-refractivity contribution in [2.24, 2.45) is 0 Å². The third-order valence-corrected chi connectivity index (χ3v) is 5.85. The SMILES string of the molecule is CNC(=O)c1cc(COc2ccc3cc(NC(=O)Nc4ccc(Cl)cc4F)sc3c2)ccn1. The predicted octanol–water partition coefficient (Wildman–Crippen LogP) is 5.67. The number of fused-ring (bicyclic) bond motifs is 1. The van der Waals surface area contributed by atoms with Gasteiger partial charge in [-0.15, -0.1) is 11.3 Å². The van der Waals surface area contributed by atoms with Crippen molar-refractivity contribution in [3.05, 3.63) is 82.9 Å². The Morgan fingerprint density at radius 1 is 1.09 bits per heavy atom. The van der Waals surface area contributed by atoms with Crippen LogP contribution in [0.25, 0.3) is 10.1 Å². The standard InChI is InChI=1S/C23H18ClFN4O3S/c1-26-22(30)19-8-13(6-7-27-19)12-32-16-4-2-14-9-21(33-20(14)11-16)29-23(31)28-18-5-3-15(24)10-17(18)25/h2-11H,12H2,1H3,(H,26,30)(H2,28,29,31). The highest BCUT2D eigenvalue weighted by molar-refractivity contribution is 7.23. The first-order valence-corrected chi connectivity index (χ1v) is 11.0. The van der Waals surface area contributed by atoms with Crippen molar-refractivity contribution in [1.29, 1.82) is 0 Å². The van der Waals surface area contributed by atoms with Gasteiger partial charge in [0.2, 0.25) is 0 Å². The summed E-state index contributed by atoms with van der Waals surface area (Å²) in [7, 11) is 1.55. The Morgan fingerprint density at radius 2 is 1.94 bits per heavy atom. The molecule has 4 aromatic rings. The molecule has 0 aliphatic heterocycles. The van der Waals surface area contributed by atoms with E-state index in [2.05, 4.69) is 20.9 Å². The number of nitrogens with one attached hydrogen (secondary N) is 3. The largest absolute Gasteiger partial charge is 0.489 e. The smallest absolute Gasteiger partial charge is 0.324 e. The number of carbonyl (C=O) groups is 2. The van der Waals surface area contributed by atoms with Crippen LogP contribution in [0.5, 0.6) is 5.75 Å². The minimum Gasteiger partial charge on any atom is -0.489 e. The first kappa shape index (κ1) is 22.5. The van der Waals surface area contributed by atoms with Gasteiger partial charge in [0.05, 0.1) is 10.7 Å². The number of carbonyl (C=O) groups excluding carboxylic acids is 2. The highest BCUT2D eigenvalue weighted by atomic mass is 35.5. The molecule has 0 aliphatic rings. The second kappa shape index (κ2) is 9.85. The van der Waals surface area contributed by atoms with Crippen molar-refractivity contribution in [2.75, 3.05) is 17.7 Å². The number of ether oxygens (including phenoxy) is 1. The zero-order valence-electron chi connectivity index (χ0n) is 17.3. The molecule has 0 radical (unpaired) electrons. The van der Waals surface area contributed by atoms with E-state index < -0.39 is 11.8 Å². The summed E-state index contributed by atoms with van der Waals surface area (Å²) in [6.07, 6.45) is 1.56. The molecule has 168 valence electrons. The van der Waals surface area contributed by atoms with Crippen LogP contribution >= 0.6 is 22.9 Å². The van der Waals surface area contributed by atoms with Gasteiger partial charge in [-0.05, 0) is 65.5 Å². The number of nitrogens with zero attached hydrogens (tertiary/aromatic N) is 1. The first-order valence-electron chi connectivity index (χ1n) is 9.78. The van der Waals surface area contributed by atoms with E-state index in [1.807, 2.05) is 24.3 Å². The molecular formula is C23H18ClFN4O3S. The molecule has 3 N–H and O–H groups in total. The average molecular weight is 485 g/mol. The van der Waals surface area contributed by atoms with Gasteiger partial charge in [-0.1, -0.05) is 11.6 Å². The summed E-state index contributed by atoms with van der Waals surface area (Å²) in [5, 5.41) is 9.47. The highest BCUT2D eigenvalue weighted by Crippen LogP contribution is 2.33. The number of hydrogen-bond acceptors (Lipinski definition) is 5. The summed E-state index contributed by atoms with van der Waals surface area (Å²) >= 11 is 7.09. The van der Waals surface area contributed by atoms with Gasteiger partial charge < -0.3 is 15.4 Å². The maximum Gasteiger partial charge on any atom is 0.324 e. The van der Waals surface area contributed by atoms with Crippen LogP contribution in [-0.4, -0.2) is 24.0 Å². The number of halogens is 2. The van der Waals surface area contributed by atoms with Crippen molar-refractivity contribution < 1.29 is 18.7 Å². The molecule has 0 saturated heterocycles. The second-order valence-corrected chi connectivity index (χ2v) is 8.45. The zero-order valence-corrected chi connectivity index (χ0v) is 18.9. The summed E-state index contributed by atoms with van der Waals surface area (Å²) in [6, 6.07) is 14.3. The van der Waals surface area contributed by atoms with Crippen molar-refractivity contribution in [1.82, 2.24) is 10.3 Å². The van der Waals surface area contributed by atoms with Gasteiger partial charge in [-0.2, -0.15) is 0 Å². The van der Waals surface area contributed by atoms with E-state index in [9.17, 15) is 14.0 Å². The van der Waals surface area contributed by atoms with Crippen LogP contribution in [0.4, 0.5) is 19.9 Å². The Hall–Kier alpha value is -3.69. The molecule has 0 bridgehead atoms. The van der Waals surface area contributed by atoms with E-state index in [0.717, 1.165) is 21.7 Å². The Balaban J connectivity index is 1.41. The Labute approximate surface area is 197 Å². The number of amides is 3. The lowest BCUT2D eigenvalue weighted by molar-refractivity contribution is 0.0958. The fraction of sp³-hybridized carbons (Fsp3) is 0.0870. The molecule has 7 nitrogen and oxygen atoms in total. The number of rotatable bonds is 6. The lowest BCUT2D eigenvalue weighted by atomic mass is 10.2. The molecule has 4 rings (SSSR count). The molecule has 0 atom stereocenters. The molecule has 2 aromatic carbocycles. The Morgan fingerprint density at radius 3 is 2.73 bits per heavy atom. The fourth-order valence-corrected chi connectivity index (χ4v) is 4.15. The van der Waals surface area contributed by atoms with Crippen molar-refractivity contribution >= 4 is 55.7 Å². The van der Waals surface area contributed by atoms with E-state index in [0.29, 0.717) is 16.4 Å². The maximum absolute atomic E-state index is 13.9. The summed E-state index contributed by atoms with van der Waals surface area (Å²) in [6.45, 7) is 0.267. The lowest BCUT2D eigenvalue weighted by Gasteiger charge is -2.07. The van der Waals surface area contributed by atoms with Crippen LogP contribution in [0.15, 0.2) is 60.8 Å². The zero-order chi connectivity index (χ0) is 23.4. The van der Waals surface area contributed by atoms with Crippen LogP contribution in [0, 0.1) is 5.82 Å². The first-order chi connectivity index (χ1) is 15.9. The molecule has 0 aliphatic carbocycles. The van der Waals surface area contributed by atoms with E-state index in [1.54, 1.807) is 25.4 Å². The van der Waals surface area contributed by atoms with Gasteiger partial charge >= 0.3 is 6.03 Å². The molecule has 2 aromatic heterocycles. The Bertz CT molecular complexity index is 1340. The fourth-order valence-electron chi connectivity index (χ4n) is 3.00. The monoisotopic (exact) mass is 484 g/mol. The van der Waals surface area contributed by atoms with Gasteiger partial charge in [0.1, 0.15) is 23.9 Å². The number of hydrogen-bond donors (Lipinski definition) is 3. The number of urea groups is 1. The van der Waals surface area contributed by atoms with E-state index in [-0.39, 0.29) is 23.2 Å². The van der Waals surface area contributed by atoms with Crippen LogP contribution in [0.1, 0.15) is 16.1 Å². The Kier molecular flexibility index (Phi) is 6.71. The van der Waals surface area contributed by atoms with E-state index in [1.165, 1.54) is 23.5 Å². The van der Waals surface area contributed by atoms with Crippen molar-refractivity contribution in [2.45, 2.75) is 6.61 Å². The molecule has 0 spiro atoms. The minimum atomic E-state index is -0.618. The molecule has 0 saturated carbocycles. The third kappa shape index (κ3) is 5.57. The third-order valence-electron chi connectivity index (χ3n) is 4.60. The molecule has 0 fully saturated rings. The lowest BCUT2D eigenvalue weighted by Crippen LogP contribution is -2.19. The van der Waals surface area contributed by atoms with Gasteiger partial charge in [0, 0.05) is 23.0 Å². The van der Waals surface area contributed by atoms with E-state index in [4.69, 9.17) is 16.3 Å². The van der Waals surface area contributed by atoms with Gasteiger partial charge in [0.25, 0.3) is 5.91 Å². The minimum absolute atomic E-state index is 0.0318. The van der Waals surface area contributed by atoms with Crippen molar-refractivity contribution in [3.63, 3.8) is 0 Å². The van der Waals surface area contributed by atoms with Gasteiger partial charge in [-0.3, -0.25) is 15.1 Å². The second-order valence-electron chi connectivity index (χ2n) is 6.93. The normalized spacial score (nSPS) is 10.6. The maximum atomic E-state index is 13.9. The molecule has 0 unspecified atom stereocenters. The van der Waals surface area contributed by atoms with E-state index >= 15 is 0 Å². The van der Waals surface area contributed by atoms with Crippen LogP contribution < -0.4 is 20.7 Å². The number of anilines is 2. The summed E-state index contributed by atoms with van der Waals surface area (Å²) < 4.78 is 20.6. The van der Waals surface area contributed by atoms with Crippen molar-refractivity contribution in [3.8, 4) is 5.75 Å². The number of thiophene rings is 1. The van der Waals surface area contributed by atoms with Crippen LogP contribution in [0.2, 0.25) is 5.02 Å². The van der Waals surface area contributed by atoms with Crippen LogP contribution in [0.3, 0.4) is 0 Å². The molecule has 2 heterocycles.